The van der Waals surface area contributed by atoms with Crippen molar-refractivity contribution in [1.82, 2.24) is 5.32 Å². The monoisotopic (exact) mass is 433 g/mol. The number of rotatable bonds is 6. The highest BCUT2D eigenvalue weighted by Gasteiger charge is 2.31. The number of hydrogen-bond donors (Lipinski definition) is 2. The Hall–Kier alpha value is -3.42. The quantitative estimate of drug-likeness (QED) is 0.630. The highest BCUT2D eigenvalue weighted by Crippen LogP contribution is 2.30. The van der Waals surface area contributed by atoms with Gasteiger partial charge in [0.05, 0.1) is 17.5 Å². The molecule has 0 heterocycles. The first-order chi connectivity index (χ1) is 14.6. The molecule has 0 aromatic heterocycles. The van der Waals surface area contributed by atoms with Crippen LogP contribution in [0.3, 0.4) is 0 Å². The third-order valence-corrected chi connectivity index (χ3v) is 4.83. The minimum absolute atomic E-state index is 0.0810. The number of carboxylic acids is 1. The summed E-state index contributed by atoms with van der Waals surface area (Å²) >= 11 is 0. The zero-order valence-corrected chi connectivity index (χ0v) is 16.3. The van der Waals surface area contributed by atoms with E-state index in [2.05, 4.69) is 5.32 Å². The van der Waals surface area contributed by atoms with Crippen molar-refractivity contribution in [2.24, 2.45) is 0 Å². The maximum Gasteiger partial charge on any atom is 0.416 e. The van der Waals surface area contributed by atoms with Gasteiger partial charge in [-0.3, -0.25) is 9.59 Å². The molecule has 3 rings (SSSR count). The van der Waals surface area contributed by atoms with Gasteiger partial charge in [-0.05, 0) is 53.3 Å². The molecule has 2 aromatic rings. The van der Waals surface area contributed by atoms with Gasteiger partial charge in [0.25, 0.3) is 5.91 Å². The van der Waals surface area contributed by atoms with Crippen LogP contribution in [0.25, 0.3) is 5.57 Å². The van der Waals surface area contributed by atoms with Crippen LogP contribution in [0.15, 0.2) is 60.2 Å². The molecule has 4 nitrogen and oxygen atoms in total. The second-order valence-electron chi connectivity index (χ2n) is 7.13. The van der Waals surface area contributed by atoms with Crippen molar-refractivity contribution in [3.8, 4) is 0 Å². The molecule has 2 N–H and O–H groups in total. The topological polar surface area (TPSA) is 66.4 Å². The summed E-state index contributed by atoms with van der Waals surface area (Å²) in [5.41, 5.74) is 1.67. The molecule has 1 amide bonds. The number of alkyl halides is 3. The molecule has 0 fully saturated rings. The molecule has 0 radical (unpaired) electrons. The fraction of sp³-hybridized carbons (Fsp3) is 0.217. The van der Waals surface area contributed by atoms with E-state index in [0.29, 0.717) is 24.1 Å². The zero-order chi connectivity index (χ0) is 22.6. The molecular weight excluding hydrogens is 414 g/mol. The summed E-state index contributed by atoms with van der Waals surface area (Å²) in [6.45, 7) is 0.0810. The average Bonchev–Trinajstić information content (AvgIpc) is 2.71. The lowest BCUT2D eigenvalue weighted by Gasteiger charge is -2.16. The van der Waals surface area contributed by atoms with Crippen LogP contribution >= 0.6 is 0 Å². The highest BCUT2D eigenvalue weighted by molar-refractivity contribution is 5.94. The van der Waals surface area contributed by atoms with E-state index in [-0.39, 0.29) is 13.0 Å². The van der Waals surface area contributed by atoms with Gasteiger partial charge < -0.3 is 10.4 Å². The maximum absolute atomic E-state index is 14.0. The molecule has 0 aliphatic heterocycles. The van der Waals surface area contributed by atoms with Crippen LogP contribution in [0.5, 0.6) is 0 Å². The Kier molecular flexibility index (Phi) is 6.58. The summed E-state index contributed by atoms with van der Waals surface area (Å²) in [7, 11) is 0. The minimum atomic E-state index is -4.69. The zero-order valence-electron chi connectivity index (χ0n) is 16.3. The van der Waals surface area contributed by atoms with Crippen LogP contribution in [0, 0.1) is 5.82 Å². The Bertz CT molecular complexity index is 1070. The summed E-state index contributed by atoms with van der Waals surface area (Å²) in [6.07, 6.45) is 0.446. The van der Waals surface area contributed by atoms with Gasteiger partial charge in [-0.15, -0.1) is 0 Å². The number of carbonyl (C=O) groups is 2. The Morgan fingerprint density at radius 1 is 1.10 bits per heavy atom. The van der Waals surface area contributed by atoms with Crippen LogP contribution in [-0.2, 0) is 17.4 Å². The van der Waals surface area contributed by atoms with Crippen LogP contribution in [0.2, 0.25) is 0 Å². The van der Waals surface area contributed by atoms with Crippen molar-refractivity contribution in [1.29, 1.82) is 0 Å². The van der Waals surface area contributed by atoms with Crippen molar-refractivity contribution in [2.75, 3.05) is 6.54 Å². The van der Waals surface area contributed by atoms with E-state index in [1.54, 1.807) is 18.2 Å². The van der Waals surface area contributed by atoms with E-state index in [1.807, 2.05) is 18.2 Å². The minimum Gasteiger partial charge on any atom is -0.481 e. The number of aliphatic carboxylic acids is 1. The van der Waals surface area contributed by atoms with E-state index in [9.17, 15) is 27.2 Å². The lowest BCUT2D eigenvalue weighted by molar-refractivity contribution is -0.138. The smallest absolute Gasteiger partial charge is 0.416 e. The van der Waals surface area contributed by atoms with Gasteiger partial charge in [0, 0.05) is 6.54 Å². The maximum atomic E-state index is 14.0. The van der Waals surface area contributed by atoms with Gasteiger partial charge in [-0.2, -0.15) is 13.2 Å². The van der Waals surface area contributed by atoms with Crippen LogP contribution in [0.4, 0.5) is 17.6 Å². The van der Waals surface area contributed by atoms with E-state index in [1.165, 1.54) is 0 Å². The van der Waals surface area contributed by atoms with Crippen LogP contribution < -0.4 is 5.32 Å². The van der Waals surface area contributed by atoms with Crippen molar-refractivity contribution >= 4 is 17.4 Å². The van der Waals surface area contributed by atoms with Crippen molar-refractivity contribution in [3.05, 3.63) is 88.3 Å². The second-order valence-corrected chi connectivity index (χ2v) is 7.13. The fourth-order valence-corrected chi connectivity index (χ4v) is 3.33. The molecule has 0 unspecified atom stereocenters. The summed E-state index contributed by atoms with van der Waals surface area (Å²) in [6, 6.07) is 8.97. The first kappa shape index (κ1) is 22.3. The first-order valence-corrected chi connectivity index (χ1v) is 9.49. The summed E-state index contributed by atoms with van der Waals surface area (Å²) < 4.78 is 51.9. The second kappa shape index (κ2) is 9.16. The molecule has 8 heteroatoms. The third-order valence-electron chi connectivity index (χ3n) is 4.83. The molecule has 2 aromatic carbocycles. The van der Waals surface area contributed by atoms with Crippen molar-refractivity contribution in [2.45, 2.75) is 25.4 Å². The number of benzene rings is 2. The molecule has 0 spiro atoms. The molecule has 0 saturated heterocycles. The largest absolute Gasteiger partial charge is 0.481 e. The SMILES string of the molecule is O=C(O)Cc1cccc(C2=CC(CNC(=O)c3ccc(C(F)(F)F)cc3F)=CCC2)c1. The first-order valence-electron chi connectivity index (χ1n) is 9.49. The molecular formula is C23H19F4NO3. The van der Waals surface area contributed by atoms with Crippen LogP contribution in [0.1, 0.15) is 39.9 Å². The molecule has 1 aliphatic rings. The Morgan fingerprint density at radius 3 is 2.55 bits per heavy atom. The van der Waals surface area contributed by atoms with Crippen molar-refractivity contribution in [3.63, 3.8) is 0 Å². The Labute approximate surface area is 175 Å². The Balaban J connectivity index is 1.68. The molecule has 31 heavy (non-hydrogen) atoms. The molecule has 0 bridgehead atoms. The molecule has 1 aliphatic carbocycles. The van der Waals surface area contributed by atoms with E-state index < -0.39 is 35.0 Å². The van der Waals surface area contributed by atoms with E-state index >= 15 is 0 Å². The Morgan fingerprint density at radius 2 is 1.87 bits per heavy atom. The van der Waals surface area contributed by atoms with Gasteiger partial charge in [-0.1, -0.05) is 36.4 Å². The van der Waals surface area contributed by atoms with Crippen molar-refractivity contribution < 1.29 is 32.3 Å². The lowest BCUT2D eigenvalue weighted by Crippen LogP contribution is -2.26. The average molecular weight is 433 g/mol. The number of carbonyl (C=O) groups excluding carboxylic acids is 1. The summed E-state index contributed by atoms with van der Waals surface area (Å²) in [5.74, 6) is -2.97. The van der Waals surface area contributed by atoms with E-state index in [4.69, 9.17) is 5.11 Å². The highest BCUT2D eigenvalue weighted by atomic mass is 19.4. The number of hydrogen-bond acceptors (Lipinski definition) is 2. The molecule has 0 atom stereocenters. The summed E-state index contributed by atoms with van der Waals surface area (Å²) in [5, 5.41) is 11.5. The molecule has 162 valence electrons. The van der Waals surface area contributed by atoms with Gasteiger partial charge in [0.1, 0.15) is 5.82 Å². The fourth-order valence-electron chi connectivity index (χ4n) is 3.33. The third kappa shape index (κ3) is 5.81. The number of halogens is 4. The normalized spacial score (nSPS) is 13.9. The standard InChI is InChI=1S/C23H19F4NO3/c24-20-12-18(23(25,26)27)7-8-19(20)22(31)28-13-15-4-2-6-17(10-15)16-5-1-3-14(9-16)11-21(29)30/h1,3-5,7-10,12H,2,6,11,13H2,(H,28,31)(H,29,30). The van der Waals surface area contributed by atoms with Gasteiger partial charge in [0.15, 0.2) is 0 Å². The van der Waals surface area contributed by atoms with Gasteiger partial charge in [0.2, 0.25) is 0 Å². The number of amides is 1. The van der Waals surface area contributed by atoms with E-state index in [0.717, 1.165) is 29.2 Å². The van der Waals surface area contributed by atoms with Gasteiger partial charge >= 0.3 is 12.1 Å². The predicted molar refractivity (Wildman–Crippen MR) is 107 cm³/mol. The summed E-state index contributed by atoms with van der Waals surface area (Å²) in [4.78, 5) is 23.2. The number of allylic oxidation sites excluding steroid dienone is 2. The predicted octanol–water partition coefficient (Wildman–Crippen LogP) is 5.01. The number of nitrogens with one attached hydrogen (secondary N) is 1. The van der Waals surface area contributed by atoms with Gasteiger partial charge in [-0.25, -0.2) is 4.39 Å². The van der Waals surface area contributed by atoms with Crippen LogP contribution in [-0.4, -0.2) is 23.5 Å². The lowest BCUT2D eigenvalue weighted by atomic mass is 9.92. The molecule has 0 saturated carbocycles. The number of carboxylic acid groups (broad SMARTS) is 1.